The van der Waals surface area contributed by atoms with Crippen LogP contribution in [-0.4, -0.2) is 72.3 Å². The van der Waals surface area contributed by atoms with E-state index in [2.05, 4.69) is 4.90 Å². The quantitative estimate of drug-likeness (QED) is 0.830. The van der Waals surface area contributed by atoms with E-state index in [1.807, 2.05) is 4.90 Å². The Morgan fingerprint density at radius 3 is 2.50 bits per heavy atom. The molecule has 0 spiro atoms. The van der Waals surface area contributed by atoms with Gasteiger partial charge >= 0.3 is 0 Å². The number of rotatable bonds is 4. The van der Waals surface area contributed by atoms with E-state index in [4.69, 9.17) is 11.6 Å². The first-order valence-corrected chi connectivity index (χ1v) is 8.67. The highest BCUT2D eigenvalue weighted by atomic mass is 35.5. The summed E-state index contributed by atoms with van der Waals surface area (Å²) in [7, 11) is 0. The van der Waals surface area contributed by atoms with Crippen LogP contribution in [0.4, 0.5) is 4.39 Å². The minimum atomic E-state index is -0.581. The third kappa shape index (κ3) is 3.87. The Kier molecular flexibility index (Phi) is 5.36. The molecule has 1 aromatic rings. The van der Waals surface area contributed by atoms with E-state index in [1.165, 1.54) is 12.1 Å². The molecule has 0 unspecified atom stereocenters. The largest absolute Gasteiger partial charge is 0.341 e. The van der Waals surface area contributed by atoms with Crippen LogP contribution in [0.1, 0.15) is 23.2 Å². The number of carbonyl (C=O) groups is 2. The van der Waals surface area contributed by atoms with E-state index in [9.17, 15) is 14.0 Å². The topological polar surface area (TPSA) is 43.9 Å². The van der Waals surface area contributed by atoms with Crippen LogP contribution in [-0.2, 0) is 4.79 Å². The van der Waals surface area contributed by atoms with Crippen LogP contribution in [0, 0.1) is 5.82 Å². The summed E-state index contributed by atoms with van der Waals surface area (Å²) >= 11 is 5.73. The molecule has 2 heterocycles. The zero-order valence-electron chi connectivity index (χ0n) is 13.5. The Hall–Kier alpha value is -1.66. The number of halogens is 2. The second kappa shape index (κ2) is 7.49. The lowest BCUT2D eigenvalue weighted by atomic mass is 10.1. The van der Waals surface area contributed by atoms with E-state index in [0.717, 1.165) is 45.2 Å². The summed E-state index contributed by atoms with van der Waals surface area (Å²) in [5, 5.41) is 0.283. The van der Waals surface area contributed by atoms with E-state index >= 15 is 0 Å². The molecule has 0 aliphatic carbocycles. The lowest BCUT2D eigenvalue weighted by molar-refractivity contribution is -0.127. The lowest BCUT2D eigenvalue weighted by Crippen LogP contribution is -2.50. The van der Waals surface area contributed by atoms with Gasteiger partial charge in [0.05, 0.1) is 5.56 Å². The molecule has 7 heteroatoms. The predicted molar refractivity (Wildman–Crippen MR) is 89.6 cm³/mol. The van der Waals surface area contributed by atoms with Gasteiger partial charge in [0.1, 0.15) is 5.82 Å². The number of benzene rings is 1. The summed E-state index contributed by atoms with van der Waals surface area (Å²) in [5.41, 5.74) is 0.0653. The third-order valence-corrected chi connectivity index (χ3v) is 4.91. The average molecular weight is 354 g/mol. The van der Waals surface area contributed by atoms with Gasteiger partial charge in [0.25, 0.3) is 5.91 Å². The highest BCUT2D eigenvalue weighted by molar-refractivity contribution is 6.30. The van der Waals surface area contributed by atoms with Gasteiger partial charge in [-0.25, -0.2) is 4.39 Å². The van der Waals surface area contributed by atoms with Gasteiger partial charge in [0.15, 0.2) is 0 Å². The summed E-state index contributed by atoms with van der Waals surface area (Å²) in [6, 6.07) is 4.13. The lowest BCUT2D eigenvalue weighted by Gasteiger charge is -2.35. The van der Waals surface area contributed by atoms with Crippen molar-refractivity contribution in [3.05, 3.63) is 34.6 Å². The molecule has 0 saturated carbocycles. The molecule has 0 N–H and O–H groups in total. The van der Waals surface area contributed by atoms with Crippen LogP contribution in [0.5, 0.6) is 0 Å². The normalized spacial score (nSPS) is 19.2. The van der Waals surface area contributed by atoms with Crippen LogP contribution >= 0.6 is 11.6 Å². The van der Waals surface area contributed by atoms with Crippen molar-refractivity contribution < 1.29 is 14.0 Å². The number of carbonyl (C=O) groups excluding carboxylic acids is 2. The van der Waals surface area contributed by atoms with Gasteiger partial charge in [-0.3, -0.25) is 14.5 Å². The highest BCUT2D eigenvalue weighted by Gasteiger charge is 2.25. The Bertz CT molecular complexity index is 632. The maximum absolute atomic E-state index is 13.9. The van der Waals surface area contributed by atoms with Crippen LogP contribution in [0.25, 0.3) is 0 Å². The first-order chi connectivity index (χ1) is 11.5. The van der Waals surface area contributed by atoms with Crippen LogP contribution in [0.15, 0.2) is 18.2 Å². The average Bonchev–Trinajstić information content (AvgIpc) is 2.98. The van der Waals surface area contributed by atoms with Gasteiger partial charge in [-0.05, 0) is 24.6 Å². The van der Waals surface area contributed by atoms with E-state index in [-0.39, 0.29) is 22.4 Å². The molecule has 0 atom stereocenters. The van der Waals surface area contributed by atoms with Gasteiger partial charge in [-0.15, -0.1) is 0 Å². The molecular formula is C17H21ClFN3O2. The SMILES string of the molecule is O=C1CCCN1CCN1CCN(C(=O)c2ccc(Cl)cc2F)CC1. The van der Waals surface area contributed by atoms with E-state index in [0.29, 0.717) is 19.5 Å². The zero-order chi connectivity index (χ0) is 17.1. The van der Waals surface area contributed by atoms with Crippen LogP contribution in [0.3, 0.4) is 0 Å². The molecule has 1 aromatic carbocycles. The molecule has 2 fully saturated rings. The standard InChI is InChI=1S/C17H21ClFN3O2/c18-13-3-4-14(15(19)12-13)17(24)22-10-7-20(8-11-22)6-9-21-5-1-2-16(21)23/h3-4,12H,1-2,5-11H2. The van der Waals surface area contributed by atoms with Gasteiger partial charge in [0, 0.05) is 57.3 Å². The van der Waals surface area contributed by atoms with Crippen molar-refractivity contribution in [3.63, 3.8) is 0 Å². The highest BCUT2D eigenvalue weighted by Crippen LogP contribution is 2.17. The van der Waals surface area contributed by atoms with Crippen molar-refractivity contribution in [2.45, 2.75) is 12.8 Å². The Balaban J connectivity index is 1.49. The van der Waals surface area contributed by atoms with Crippen LogP contribution < -0.4 is 0 Å². The van der Waals surface area contributed by atoms with Gasteiger partial charge in [-0.1, -0.05) is 11.6 Å². The summed E-state index contributed by atoms with van der Waals surface area (Å²) < 4.78 is 13.9. The fraction of sp³-hybridized carbons (Fsp3) is 0.529. The summed E-state index contributed by atoms with van der Waals surface area (Å²) in [5.74, 6) is -0.636. The van der Waals surface area contributed by atoms with E-state index < -0.39 is 5.82 Å². The molecule has 3 rings (SSSR count). The van der Waals surface area contributed by atoms with Crippen molar-refractivity contribution in [2.75, 3.05) is 45.8 Å². The first-order valence-electron chi connectivity index (χ1n) is 8.29. The smallest absolute Gasteiger partial charge is 0.256 e. The van der Waals surface area contributed by atoms with Crippen molar-refractivity contribution in [1.82, 2.24) is 14.7 Å². The molecule has 2 saturated heterocycles. The number of hydrogen-bond donors (Lipinski definition) is 0. The second-order valence-corrected chi connectivity index (χ2v) is 6.68. The Morgan fingerprint density at radius 1 is 1.12 bits per heavy atom. The molecule has 2 aliphatic heterocycles. The third-order valence-electron chi connectivity index (χ3n) is 4.68. The van der Waals surface area contributed by atoms with Crippen molar-refractivity contribution in [2.24, 2.45) is 0 Å². The molecule has 5 nitrogen and oxygen atoms in total. The monoisotopic (exact) mass is 353 g/mol. The molecule has 2 amide bonds. The Labute approximate surface area is 146 Å². The Morgan fingerprint density at radius 2 is 1.88 bits per heavy atom. The van der Waals surface area contributed by atoms with Crippen LogP contribution in [0.2, 0.25) is 5.02 Å². The molecule has 0 bridgehead atoms. The minimum Gasteiger partial charge on any atom is -0.341 e. The zero-order valence-corrected chi connectivity index (χ0v) is 14.3. The predicted octanol–water partition coefficient (Wildman–Crippen LogP) is 1.86. The second-order valence-electron chi connectivity index (χ2n) is 6.24. The van der Waals surface area contributed by atoms with Crippen molar-refractivity contribution >= 4 is 23.4 Å². The summed E-state index contributed by atoms with van der Waals surface area (Å²) in [6.07, 6.45) is 1.61. The number of nitrogens with zero attached hydrogens (tertiary/aromatic N) is 3. The van der Waals surface area contributed by atoms with Crippen molar-refractivity contribution in [1.29, 1.82) is 0 Å². The molecule has 0 aromatic heterocycles. The summed E-state index contributed by atoms with van der Waals surface area (Å²) in [4.78, 5) is 29.8. The minimum absolute atomic E-state index is 0.0653. The maximum atomic E-state index is 13.9. The van der Waals surface area contributed by atoms with Gasteiger partial charge < -0.3 is 9.80 Å². The fourth-order valence-corrected chi connectivity index (χ4v) is 3.37. The van der Waals surface area contributed by atoms with E-state index in [1.54, 1.807) is 4.90 Å². The molecule has 2 aliphatic rings. The molecule has 0 radical (unpaired) electrons. The number of piperazine rings is 1. The molecule has 130 valence electrons. The van der Waals surface area contributed by atoms with Gasteiger partial charge in [-0.2, -0.15) is 0 Å². The maximum Gasteiger partial charge on any atom is 0.256 e. The molecular weight excluding hydrogens is 333 g/mol. The van der Waals surface area contributed by atoms with Gasteiger partial charge in [0.2, 0.25) is 5.91 Å². The number of hydrogen-bond acceptors (Lipinski definition) is 3. The fourth-order valence-electron chi connectivity index (χ4n) is 3.21. The number of amides is 2. The van der Waals surface area contributed by atoms with Crippen molar-refractivity contribution in [3.8, 4) is 0 Å². The first kappa shape index (κ1) is 17.2. The number of likely N-dealkylation sites (tertiary alicyclic amines) is 1. The molecule has 24 heavy (non-hydrogen) atoms. The summed E-state index contributed by atoms with van der Waals surface area (Å²) in [6.45, 7) is 5.03.